The summed E-state index contributed by atoms with van der Waals surface area (Å²) in [5.74, 6) is 0.420. The molecule has 0 aliphatic heterocycles. The molecular weight excluding hydrogens is 396 g/mol. The first-order chi connectivity index (χ1) is 14.4. The molecule has 0 amide bonds. The second-order valence-electron chi connectivity index (χ2n) is 6.97. The number of phenols is 1. The van der Waals surface area contributed by atoms with Crippen molar-refractivity contribution in [3.63, 3.8) is 0 Å². The van der Waals surface area contributed by atoms with E-state index in [-0.39, 0.29) is 16.4 Å². The van der Waals surface area contributed by atoms with Crippen molar-refractivity contribution in [1.29, 1.82) is 0 Å². The van der Waals surface area contributed by atoms with Crippen molar-refractivity contribution in [2.24, 2.45) is 0 Å². The molecule has 154 valence electrons. The Labute approximate surface area is 177 Å². The highest BCUT2D eigenvalue weighted by molar-refractivity contribution is 7.87. The van der Waals surface area contributed by atoms with Gasteiger partial charge in [-0.25, -0.2) is 0 Å². The van der Waals surface area contributed by atoms with Crippen LogP contribution in [0.5, 0.6) is 11.5 Å². The van der Waals surface area contributed by atoms with E-state index in [0.29, 0.717) is 29.5 Å². The van der Waals surface area contributed by atoms with Crippen molar-refractivity contribution >= 4 is 10.1 Å². The molecule has 3 aromatic rings. The summed E-state index contributed by atoms with van der Waals surface area (Å²) < 4.78 is 31.6. The monoisotopic (exact) mass is 420 g/mol. The summed E-state index contributed by atoms with van der Waals surface area (Å²) in [5, 5.41) is 10.1. The van der Waals surface area contributed by atoms with Crippen molar-refractivity contribution in [2.45, 2.75) is 24.7 Å². The molecule has 0 aliphatic rings. The number of aromatic hydroxyl groups is 1. The first kappa shape index (κ1) is 21.4. The Morgan fingerprint density at radius 3 is 2.27 bits per heavy atom. The Hall–Kier alpha value is -3.31. The zero-order chi connectivity index (χ0) is 21.7. The molecule has 5 heteroatoms. The van der Waals surface area contributed by atoms with Gasteiger partial charge in [-0.2, -0.15) is 8.42 Å². The van der Waals surface area contributed by atoms with Gasteiger partial charge in [0, 0.05) is 11.1 Å². The summed E-state index contributed by atoms with van der Waals surface area (Å²) in [6, 6.07) is 17.1. The Morgan fingerprint density at radius 2 is 1.60 bits per heavy atom. The standard InChI is InChI=1S/C25H24O4S/c1-4-7-19-9-6-10-23(20-13-16-24(26)21(17-20)8-5-2)25(19)29-30(27,28)22-14-11-18(3)12-15-22/h4-6,9-17,26H,1-2,7-8H2,3H3. The topological polar surface area (TPSA) is 63.6 Å². The van der Waals surface area contributed by atoms with Crippen molar-refractivity contribution in [1.82, 2.24) is 0 Å². The quantitative estimate of drug-likeness (QED) is 0.381. The first-order valence-electron chi connectivity index (χ1n) is 9.53. The van der Waals surface area contributed by atoms with Gasteiger partial charge in [0.15, 0.2) is 5.75 Å². The van der Waals surface area contributed by atoms with E-state index in [1.807, 2.05) is 25.1 Å². The fourth-order valence-corrected chi connectivity index (χ4v) is 4.14. The molecule has 0 fully saturated rings. The Morgan fingerprint density at radius 1 is 0.933 bits per heavy atom. The zero-order valence-corrected chi connectivity index (χ0v) is 17.7. The predicted molar refractivity (Wildman–Crippen MR) is 120 cm³/mol. The molecule has 30 heavy (non-hydrogen) atoms. The van der Waals surface area contributed by atoms with Crippen molar-refractivity contribution in [2.75, 3.05) is 0 Å². The van der Waals surface area contributed by atoms with Crippen LogP contribution in [0.2, 0.25) is 0 Å². The van der Waals surface area contributed by atoms with Gasteiger partial charge in [-0.3, -0.25) is 0 Å². The molecule has 0 spiro atoms. The van der Waals surface area contributed by atoms with Crippen molar-refractivity contribution in [3.05, 3.63) is 103 Å². The summed E-state index contributed by atoms with van der Waals surface area (Å²) in [6.07, 6.45) is 4.34. The number of para-hydroxylation sites is 1. The molecule has 0 saturated heterocycles. The van der Waals surface area contributed by atoms with Crippen LogP contribution in [-0.2, 0) is 23.0 Å². The van der Waals surface area contributed by atoms with E-state index in [4.69, 9.17) is 4.18 Å². The molecule has 0 saturated carbocycles. The fraction of sp³-hybridized carbons (Fsp3) is 0.120. The maximum atomic E-state index is 13.0. The smallest absolute Gasteiger partial charge is 0.339 e. The fourth-order valence-electron chi connectivity index (χ4n) is 3.16. The summed E-state index contributed by atoms with van der Waals surface area (Å²) in [7, 11) is -4.03. The van der Waals surface area contributed by atoms with E-state index in [1.165, 1.54) is 12.1 Å². The molecule has 3 rings (SSSR count). The van der Waals surface area contributed by atoms with Crippen molar-refractivity contribution in [3.8, 4) is 22.6 Å². The Kier molecular flexibility index (Phi) is 6.43. The van der Waals surface area contributed by atoms with Gasteiger partial charge in [0.2, 0.25) is 0 Å². The highest BCUT2D eigenvalue weighted by Crippen LogP contribution is 2.37. The number of aryl methyl sites for hydroxylation is 1. The van der Waals surface area contributed by atoms with E-state index in [1.54, 1.807) is 42.5 Å². The molecule has 4 nitrogen and oxygen atoms in total. The van der Waals surface area contributed by atoms with Crippen LogP contribution in [0.3, 0.4) is 0 Å². The lowest BCUT2D eigenvalue weighted by atomic mass is 9.97. The van der Waals surface area contributed by atoms with Gasteiger partial charge in [0.05, 0.1) is 0 Å². The molecule has 0 aliphatic carbocycles. The highest BCUT2D eigenvalue weighted by atomic mass is 32.2. The average Bonchev–Trinajstić information content (AvgIpc) is 2.71. The van der Waals surface area contributed by atoms with E-state index in [0.717, 1.165) is 11.1 Å². The molecule has 0 heterocycles. The lowest BCUT2D eigenvalue weighted by Gasteiger charge is -2.16. The lowest BCUT2D eigenvalue weighted by molar-refractivity contribution is 0.469. The SMILES string of the molecule is C=CCc1cc(-c2cccc(CC=C)c2OS(=O)(=O)c2ccc(C)cc2)ccc1O. The number of rotatable bonds is 8. The van der Waals surface area contributed by atoms with Gasteiger partial charge in [-0.15, -0.1) is 13.2 Å². The van der Waals surface area contributed by atoms with Gasteiger partial charge in [0.1, 0.15) is 10.6 Å². The number of allylic oxidation sites excluding steroid dienone is 2. The summed E-state index contributed by atoms with van der Waals surface area (Å²) in [5.41, 5.74) is 3.72. The third-order valence-electron chi connectivity index (χ3n) is 4.72. The molecule has 3 aromatic carbocycles. The van der Waals surface area contributed by atoms with Gasteiger partial charge in [-0.1, -0.05) is 54.1 Å². The largest absolute Gasteiger partial charge is 0.508 e. The second kappa shape index (κ2) is 9.01. The maximum Gasteiger partial charge on any atom is 0.339 e. The molecule has 0 aromatic heterocycles. The van der Waals surface area contributed by atoms with Crippen LogP contribution in [0.25, 0.3) is 11.1 Å². The molecule has 0 bridgehead atoms. The van der Waals surface area contributed by atoms with Crippen LogP contribution in [0.15, 0.2) is 90.9 Å². The van der Waals surface area contributed by atoms with E-state index in [9.17, 15) is 13.5 Å². The second-order valence-corrected chi connectivity index (χ2v) is 8.52. The zero-order valence-electron chi connectivity index (χ0n) is 16.8. The Bertz CT molecular complexity index is 1180. The first-order valence-corrected chi connectivity index (χ1v) is 10.9. The normalized spacial score (nSPS) is 11.1. The van der Waals surface area contributed by atoms with Gasteiger partial charge in [0.25, 0.3) is 0 Å². The van der Waals surface area contributed by atoms with Gasteiger partial charge < -0.3 is 9.29 Å². The molecule has 0 radical (unpaired) electrons. The minimum absolute atomic E-state index is 0.0884. The van der Waals surface area contributed by atoms with E-state index in [2.05, 4.69) is 13.2 Å². The molecular formula is C25H24O4S. The average molecular weight is 421 g/mol. The number of phenolic OH excluding ortho intramolecular Hbond substituents is 1. The third-order valence-corrected chi connectivity index (χ3v) is 5.95. The van der Waals surface area contributed by atoms with Gasteiger partial charge in [-0.05, 0) is 55.2 Å². The van der Waals surface area contributed by atoms with Crippen LogP contribution in [0.4, 0.5) is 0 Å². The molecule has 0 unspecified atom stereocenters. The Balaban J connectivity index is 2.13. The van der Waals surface area contributed by atoms with E-state index >= 15 is 0 Å². The third kappa shape index (κ3) is 4.63. The maximum absolute atomic E-state index is 13.0. The number of benzene rings is 3. The van der Waals surface area contributed by atoms with Crippen LogP contribution in [0.1, 0.15) is 16.7 Å². The van der Waals surface area contributed by atoms with Crippen molar-refractivity contribution < 1.29 is 17.7 Å². The summed E-state index contributed by atoms with van der Waals surface area (Å²) in [4.78, 5) is 0.0884. The number of hydrogen-bond acceptors (Lipinski definition) is 4. The molecule has 0 atom stereocenters. The van der Waals surface area contributed by atoms with Crippen LogP contribution >= 0.6 is 0 Å². The lowest BCUT2D eigenvalue weighted by Crippen LogP contribution is -2.12. The highest BCUT2D eigenvalue weighted by Gasteiger charge is 2.21. The summed E-state index contributed by atoms with van der Waals surface area (Å²) in [6.45, 7) is 9.37. The van der Waals surface area contributed by atoms with Crippen LogP contribution < -0.4 is 4.18 Å². The minimum atomic E-state index is -4.03. The minimum Gasteiger partial charge on any atom is -0.508 e. The molecule has 1 N–H and O–H groups in total. The van der Waals surface area contributed by atoms with E-state index < -0.39 is 10.1 Å². The van der Waals surface area contributed by atoms with Crippen LogP contribution in [-0.4, -0.2) is 13.5 Å². The van der Waals surface area contributed by atoms with Gasteiger partial charge >= 0.3 is 10.1 Å². The predicted octanol–water partition coefficient (Wildman–Crippen LogP) is 5.59. The number of hydrogen-bond donors (Lipinski definition) is 1. The van der Waals surface area contributed by atoms with Crippen LogP contribution in [0, 0.1) is 6.92 Å². The summed E-state index contributed by atoms with van der Waals surface area (Å²) >= 11 is 0.